The third kappa shape index (κ3) is 4.42. The number of nitrogens with zero attached hydrogens (tertiary/aromatic N) is 2. The minimum atomic E-state index is -3.85. The highest BCUT2D eigenvalue weighted by molar-refractivity contribution is 7.92. The van der Waals surface area contributed by atoms with Crippen molar-refractivity contribution in [1.82, 2.24) is 15.3 Å². The molecule has 0 saturated heterocycles. The van der Waals surface area contributed by atoms with E-state index in [0.29, 0.717) is 5.52 Å². The molecule has 1 saturated carbocycles. The lowest BCUT2D eigenvalue weighted by molar-refractivity contribution is -0.131. The molecule has 1 amide bonds. The SMILES string of the molecule is C[C@@](CCn1ncc2c(F)c(C#CC#CC3(CO)CC3)ccc21)(C(=O)NO)S(C)(=O)=O. The van der Waals surface area contributed by atoms with Gasteiger partial charge in [-0.25, -0.2) is 18.3 Å². The van der Waals surface area contributed by atoms with Crippen LogP contribution in [0.1, 0.15) is 31.7 Å². The van der Waals surface area contributed by atoms with E-state index >= 15 is 0 Å². The van der Waals surface area contributed by atoms with Crippen molar-refractivity contribution < 1.29 is 27.9 Å². The number of hydroxylamine groups is 1. The van der Waals surface area contributed by atoms with Gasteiger partial charge in [-0.1, -0.05) is 5.92 Å². The Morgan fingerprint density at radius 3 is 2.68 bits per heavy atom. The van der Waals surface area contributed by atoms with Gasteiger partial charge in [0.25, 0.3) is 5.91 Å². The normalized spacial score (nSPS) is 16.4. The number of aryl methyl sites for hydroxylation is 1. The quantitative estimate of drug-likeness (QED) is 0.345. The third-order valence-corrected chi connectivity index (χ3v) is 7.73. The second kappa shape index (κ2) is 8.31. The first-order chi connectivity index (χ1) is 14.6. The van der Waals surface area contributed by atoms with Gasteiger partial charge in [0.1, 0.15) is 5.82 Å². The molecule has 0 unspecified atom stereocenters. The number of rotatable bonds is 6. The van der Waals surface area contributed by atoms with E-state index in [0.717, 1.165) is 19.1 Å². The van der Waals surface area contributed by atoms with Gasteiger partial charge in [0.05, 0.1) is 34.7 Å². The van der Waals surface area contributed by atoms with E-state index in [1.807, 2.05) is 0 Å². The molecule has 1 aromatic carbocycles. The molecule has 1 aliphatic rings. The third-order valence-electron chi connectivity index (χ3n) is 5.71. The van der Waals surface area contributed by atoms with E-state index in [9.17, 15) is 22.7 Å². The van der Waals surface area contributed by atoms with E-state index in [-0.39, 0.29) is 35.9 Å². The largest absolute Gasteiger partial charge is 0.395 e. The van der Waals surface area contributed by atoms with Gasteiger partial charge < -0.3 is 5.11 Å². The van der Waals surface area contributed by atoms with Crippen molar-refractivity contribution in [3.05, 3.63) is 29.7 Å². The van der Waals surface area contributed by atoms with E-state index in [2.05, 4.69) is 28.8 Å². The predicted molar refractivity (Wildman–Crippen MR) is 111 cm³/mol. The van der Waals surface area contributed by atoms with Crippen LogP contribution in [0, 0.1) is 34.9 Å². The number of carbonyl (C=O) groups excluding carboxylic acids is 1. The molecule has 1 atom stereocenters. The number of sulfone groups is 1. The summed E-state index contributed by atoms with van der Waals surface area (Å²) in [7, 11) is -3.85. The number of carbonyl (C=O) groups is 1. The average molecular weight is 447 g/mol. The van der Waals surface area contributed by atoms with Crippen molar-refractivity contribution in [2.75, 3.05) is 12.9 Å². The monoisotopic (exact) mass is 447 g/mol. The minimum absolute atomic E-state index is 0.000324. The molecular formula is C21H22FN3O5S. The van der Waals surface area contributed by atoms with Crippen LogP contribution >= 0.6 is 0 Å². The van der Waals surface area contributed by atoms with Gasteiger partial charge >= 0.3 is 0 Å². The van der Waals surface area contributed by atoms with E-state index in [1.165, 1.54) is 29.3 Å². The zero-order valence-electron chi connectivity index (χ0n) is 17.1. The summed E-state index contributed by atoms with van der Waals surface area (Å²) in [6, 6.07) is 3.07. The maximum atomic E-state index is 14.8. The van der Waals surface area contributed by atoms with Gasteiger partial charge in [0, 0.05) is 12.8 Å². The number of amides is 1. The van der Waals surface area contributed by atoms with Gasteiger partial charge in [-0.2, -0.15) is 5.10 Å². The van der Waals surface area contributed by atoms with Crippen molar-refractivity contribution in [1.29, 1.82) is 0 Å². The Morgan fingerprint density at radius 2 is 2.10 bits per heavy atom. The predicted octanol–water partition coefficient (Wildman–Crippen LogP) is 1.00. The number of hydrogen-bond acceptors (Lipinski definition) is 6. The maximum absolute atomic E-state index is 14.8. The van der Waals surface area contributed by atoms with Crippen LogP contribution in [0.5, 0.6) is 0 Å². The molecular weight excluding hydrogens is 425 g/mol. The molecule has 0 aliphatic heterocycles. The molecule has 0 spiro atoms. The highest BCUT2D eigenvalue weighted by atomic mass is 32.2. The second-order valence-electron chi connectivity index (χ2n) is 7.86. The Labute approximate surface area is 179 Å². The van der Waals surface area contributed by atoms with Crippen molar-refractivity contribution in [3.8, 4) is 23.7 Å². The summed E-state index contributed by atoms with van der Waals surface area (Å²) in [4.78, 5) is 11.9. The summed E-state index contributed by atoms with van der Waals surface area (Å²) >= 11 is 0. The molecule has 8 nitrogen and oxygen atoms in total. The summed E-state index contributed by atoms with van der Waals surface area (Å²) in [6.45, 7) is 1.19. The standard InChI is InChI=1S/C21H22FN3O5S/c1-20(19(27)24-28,31(2,29)30)11-12-25-17-7-6-15(18(22)16(17)13-23-25)5-3-4-8-21(14-26)9-10-21/h6-7,13,26,28H,9-12,14H2,1-2H3,(H,24,27)/t20-/m1/s1. The zero-order chi connectivity index (χ0) is 22.9. The van der Waals surface area contributed by atoms with E-state index in [1.54, 1.807) is 6.07 Å². The molecule has 2 aromatic rings. The van der Waals surface area contributed by atoms with Gasteiger partial charge in [-0.15, -0.1) is 0 Å². The second-order valence-corrected chi connectivity index (χ2v) is 10.3. The average Bonchev–Trinajstić information content (AvgIpc) is 3.40. The molecule has 31 heavy (non-hydrogen) atoms. The lowest BCUT2D eigenvalue weighted by Crippen LogP contribution is -2.49. The molecule has 3 N–H and O–H groups in total. The first kappa shape index (κ1) is 22.8. The van der Waals surface area contributed by atoms with Gasteiger partial charge in [0.2, 0.25) is 0 Å². The number of nitrogens with one attached hydrogen (secondary N) is 1. The molecule has 0 bridgehead atoms. The van der Waals surface area contributed by atoms with Crippen LogP contribution in [0.25, 0.3) is 10.9 Å². The summed E-state index contributed by atoms with van der Waals surface area (Å²) in [5.74, 6) is 9.18. The summed E-state index contributed by atoms with van der Waals surface area (Å²) < 4.78 is 38.5. The number of aromatic nitrogens is 2. The fourth-order valence-corrected chi connectivity index (χ4v) is 3.88. The van der Waals surface area contributed by atoms with Crippen LogP contribution in [0.2, 0.25) is 0 Å². The number of hydrogen-bond donors (Lipinski definition) is 3. The van der Waals surface area contributed by atoms with Crippen molar-refractivity contribution in [2.24, 2.45) is 5.41 Å². The van der Waals surface area contributed by atoms with Crippen molar-refractivity contribution >= 4 is 26.6 Å². The number of aliphatic hydroxyl groups excluding tert-OH is 1. The van der Waals surface area contributed by atoms with Crippen LogP contribution in [-0.2, 0) is 21.2 Å². The number of benzene rings is 1. The molecule has 1 aromatic heterocycles. The summed E-state index contributed by atoms with van der Waals surface area (Å²) in [6.07, 6.45) is 3.69. The van der Waals surface area contributed by atoms with Crippen LogP contribution in [-0.4, -0.2) is 52.0 Å². The molecule has 10 heteroatoms. The summed E-state index contributed by atoms with van der Waals surface area (Å²) in [5.41, 5.74) is 1.58. The Bertz CT molecular complexity index is 1260. The van der Waals surface area contributed by atoms with E-state index in [4.69, 9.17) is 5.21 Å². The van der Waals surface area contributed by atoms with Gasteiger partial charge in [0.15, 0.2) is 14.6 Å². The highest BCUT2D eigenvalue weighted by Crippen LogP contribution is 2.44. The number of aliphatic hydroxyl groups is 1. The van der Waals surface area contributed by atoms with Crippen molar-refractivity contribution in [3.63, 3.8) is 0 Å². The lowest BCUT2D eigenvalue weighted by Gasteiger charge is -2.25. The molecule has 3 rings (SSSR count). The van der Waals surface area contributed by atoms with Gasteiger partial charge in [-0.05, 0) is 56.1 Å². The number of fused-ring (bicyclic) bond motifs is 1. The topological polar surface area (TPSA) is 122 Å². The first-order valence-electron chi connectivity index (χ1n) is 9.49. The highest BCUT2D eigenvalue weighted by Gasteiger charge is 2.43. The molecule has 1 fully saturated rings. The maximum Gasteiger partial charge on any atom is 0.264 e. The Kier molecular flexibility index (Phi) is 6.10. The Morgan fingerprint density at radius 1 is 1.39 bits per heavy atom. The Hall–Kier alpha value is -2.92. The fourth-order valence-electron chi connectivity index (χ4n) is 3.04. The zero-order valence-corrected chi connectivity index (χ0v) is 17.9. The fraction of sp³-hybridized carbons (Fsp3) is 0.429. The van der Waals surface area contributed by atoms with Gasteiger partial charge in [-0.3, -0.25) is 14.7 Å². The molecule has 1 aliphatic carbocycles. The van der Waals surface area contributed by atoms with Crippen LogP contribution in [0.15, 0.2) is 18.3 Å². The van der Waals surface area contributed by atoms with Crippen molar-refractivity contribution in [2.45, 2.75) is 37.5 Å². The molecule has 1 heterocycles. The Balaban J connectivity index is 1.84. The smallest absolute Gasteiger partial charge is 0.264 e. The van der Waals surface area contributed by atoms with Crippen LogP contribution in [0.3, 0.4) is 0 Å². The lowest BCUT2D eigenvalue weighted by atomic mass is 10.1. The minimum Gasteiger partial charge on any atom is -0.395 e. The summed E-state index contributed by atoms with van der Waals surface area (Å²) in [5, 5.41) is 22.4. The number of halogens is 1. The van der Waals surface area contributed by atoms with E-state index < -0.39 is 26.3 Å². The molecule has 0 radical (unpaired) electrons. The van der Waals surface area contributed by atoms with Crippen LogP contribution in [0.4, 0.5) is 4.39 Å². The first-order valence-corrected chi connectivity index (χ1v) is 11.4. The van der Waals surface area contributed by atoms with Crippen LogP contribution < -0.4 is 5.48 Å². The molecule has 164 valence electrons.